The Morgan fingerprint density at radius 3 is 2.21 bits per heavy atom. The van der Waals surface area contributed by atoms with Crippen LogP contribution in [0.25, 0.3) is 0 Å². The normalized spacial score (nSPS) is 15.7. The summed E-state index contributed by atoms with van der Waals surface area (Å²) in [6, 6.07) is 0. The number of carbonyl (C=O) groups is 1. The number of hydrogen-bond donors (Lipinski definition) is 0. The number of rotatable bonds is 3. The minimum atomic E-state index is -4.69. The second-order valence-corrected chi connectivity index (χ2v) is 4.86. The van der Waals surface area contributed by atoms with Gasteiger partial charge in [0.25, 0.3) is 0 Å². The molecule has 0 aromatic heterocycles. The molecule has 19 heavy (non-hydrogen) atoms. The number of halogens is 3. The first-order valence-corrected chi connectivity index (χ1v) is 5.60. The number of allylic oxidation sites excluding steroid dienone is 1. The number of aliphatic imine (C=N–C) groups is 1. The van der Waals surface area contributed by atoms with E-state index < -0.39 is 24.2 Å². The lowest BCUT2D eigenvalue weighted by Gasteiger charge is -2.17. The zero-order valence-corrected chi connectivity index (χ0v) is 11.5. The van der Waals surface area contributed by atoms with Gasteiger partial charge in [0.2, 0.25) is 0 Å². The van der Waals surface area contributed by atoms with E-state index in [1.807, 2.05) is 0 Å². The van der Waals surface area contributed by atoms with E-state index in [9.17, 15) is 18.0 Å². The second-order valence-electron chi connectivity index (χ2n) is 4.86. The van der Waals surface area contributed by atoms with Crippen LogP contribution in [-0.4, -0.2) is 29.9 Å². The van der Waals surface area contributed by atoms with Crippen LogP contribution in [0.2, 0.25) is 0 Å². The summed E-state index contributed by atoms with van der Waals surface area (Å²) in [7, 11) is 0. The summed E-state index contributed by atoms with van der Waals surface area (Å²) in [4.78, 5) is 14.9. The fourth-order valence-corrected chi connectivity index (χ4v) is 0.991. The van der Waals surface area contributed by atoms with Gasteiger partial charge in [-0.15, -0.1) is 13.2 Å². The van der Waals surface area contributed by atoms with Crippen LogP contribution >= 0.6 is 0 Å². The number of hydrogen-bond acceptors (Lipinski definition) is 3. The summed E-state index contributed by atoms with van der Waals surface area (Å²) in [5.41, 5.74) is -0.441. The molecule has 0 saturated heterocycles. The highest BCUT2D eigenvalue weighted by molar-refractivity contribution is 5.99. The smallest absolute Gasteiger partial charge is 0.442 e. The quantitative estimate of drug-likeness (QED) is 0.738. The predicted octanol–water partition coefficient (Wildman–Crippen LogP) is 3.86. The maximum atomic E-state index is 11.9. The van der Waals surface area contributed by atoms with Gasteiger partial charge in [0.05, 0.1) is 6.10 Å². The van der Waals surface area contributed by atoms with Crippen molar-refractivity contribution in [1.29, 1.82) is 0 Å². The molecule has 0 spiro atoms. The Morgan fingerprint density at radius 2 is 1.79 bits per heavy atom. The number of amides is 1. The van der Waals surface area contributed by atoms with E-state index in [0.717, 1.165) is 6.08 Å². The van der Waals surface area contributed by atoms with Crippen molar-refractivity contribution in [3.8, 4) is 0 Å². The summed E-state index contributed by atoms with van der Waals surface area (Å²) >= 11 is 0. The van der Waals surface area contributed by atoms with Gasteiger partial charge in [0.15, 0.2) is 0 Å². The molecule has 0 bridgehead atoms. The average molecular weight is 281 g/mol. The summed E-state index contributed by atoms with van der Waals surface area (Å²) in [5, 5.41) is 0. The average Bonchev–Trinajstić information content (AvgIpc) is 2.08. The molecule has 110 valence electrons. The van der Waals surface area contributed by atoms with Gasteiger partial charge in [0, 0.05) is 5.71 Å². The molecule has 0 heterocycles. The van der Waals surface area contributed by atoms with Gasteiger partial charge >= 0.3 is 12.5 Å². The summed E-state index contributed by atoms with van der Waals surface area (Å²) in [6.45, 7) is 7.76. The Labute approximate surface area is 110 Å². The van der Waals surface area contributed by atoms with Crippen molar-refractivity contribution in [2.75, 3.05) is 0 Å². The third-order valence-corrected chi connectivity index (χ3v) is 1.59. The lowest BCUT2D eigenvalue weighted by Crippen LogP contribution is -2.22. The Bertz CT molecular complexity index is 367. The van der Waals surface area contributed by atoms with E-state index in [-0.39, 0.29) is 5.71 Å². The number of ether oxygens (including phenoxy) is 2. The molecule has 7 heteroatoms. The molecule has 0 aromatic rings. The van der Waals surface area contributed by atoms with E-state index in [0.29, 0.717) is 0 Å². The van der Waals surface area contributed by atoms with Crippen molar-refractivity contribution >= 4 is 11.8 Å². The van der Waals surface area contributed by atoms with Gasteiger partial charge in [-0.25, -0.2) is 4.79 Å². The molecule has 0 aliphatic heterocycles. The third-order valence-electron chi connectivity index (χ3n) is 1.59. The van der Waals surface area contributed by atoms with Crippen LogP contribution in [0.15, 0.2) is 17.1 Å². The molecule has 0 saturated carbocycles. The largest absolute Gasteiger partial charge is 0.523 e. The molecule has 0 aliphatic carbocycles. The fourth-order valence-electron chi connectivity index (χ4n) is 0.991. The Hall–Kier alpha value is -1.37. The molecule has 1 amide bonds. The van der Waals surface area contributed by atoms with Crippen molar-refractivity contribution in [1.82, 2.24) is 0 Å². The van der Waals surface area contributed by atoms with Crippen LogP contribution in [-0.2, 0) is 9.47 Å². The van der Waals surface area contributed by atoms with Crippen LogP contribution in [0.1, 0.15) is 34.6 Å². The second kappa shape index (κ2) is 6.70. The highest BCUT2D eigenvalue weighted by atomic mass is 19.4. The van der Waals surface area contributed by atoms with Gasteiger partial charge in [-0.2, -0.15) is 4.99 Å². The van der Waals surface area contributed by atoms with Crippen molar-refractivity contribution < 1.29 is 27.4 Å². The molecule has 0 fully saturated rings. The van der Waals surface area contributed by atoms with Gasteiger partial charge in [-0.1, -0.05) is 6.08 Å². The summed E-state index contributed by atoms with van der Waals surface area (Å²) in [6.07, 6.45) is -4.24. The predicted molar refractivity (Wildman–Crippen MR) is 65.1 cm³/mol. The minimum absolute atomic E-state index is 0.229. The van der Waals surface area contributed by atoms with Crippen molar-refractivity contribution in [3.63, 3.8) is 0 Å². The van der Waals surface area contributed by atoms with E-state index in [4.69, 9.17) is 4.74 Å². The highest BCUT2D eigenvalue weighted by Crippen LogP contribution is 2.19. The van der Waals surface area contributed by atoms with Crippen molar-refractivity contribution in [2.45, 2.75) is 52.7 Å². The van der Waals surface area contributed by atoms with E-state index in [2.05, 4.69) is 9.73 Å². The molecular weight excluding hydrogens is 263 g/mol. The SMILES string of the molecule is CC(/C=C\C(C)OC(F)(F)F)=NC(=O)OC(C)(C)C. The number of nitrogens with zero attached hydrogens (tertiary/aromatic N) is 1. The molecule has 0 radical (unpaired) electrons. The Morgan fingerprint density at radius 1 is 1.26 bits per heavy atom. The first-order valence-electron chi connectivity index (χ1n) is 5.60. The van der Waals surface area contributed by atoms with Crippen LogP contribution in [0.5, 0.6) is 0 Å². The van der Waals surface area contributed by atoms with Gasteiger partial charge in [-0.05, 0) is 40.7 Å². The van der Waals surface area contributed by atoms with Crippen LogP contribution in [0.4, 0.5) is 18.0 Å². The van der Waals surface area contributed by atoms with Gasteiger partial charge in [-0.3, -0.25) is 4.74 Å². The zero-order chi connectivity index (χ0) is 15.3. The maximum absolute atomic E-state index is 11.9. The van der Waals surface area contributed by atoms with E-state index in [1.165, 1.54) is 19.9 Å². The Balaban J connectivity index is 4.44. The lowest BCUT2D eigenvalue weighted by molar-refractivity contribution is -0.334. The molecule has 0 aliphatic rings. The molecule has 1 unspecified atom stereocenters. The van der Waals surface area contributed by atoms with Crippen LogP contribution in [0.3, 0.4) is 0 Å². The van der Waals surface area contributed by atoms with Crippen LogP contribution in [0, 0.1) is 0 Å². The van der Waals surface area contributed by atoms with Gasteiger partial charge in [0.1, 0.15) is 5.60 Å². The first-order chi connectivity index (χ1) is 8.39. The molecule has 0 N–H and O–H groups in total. The fraction of sp³-hybridized carbons (Fsp3) is 0.667. The summed E-state index contributed by atoms with van der Waals surface area (Å²) < 4.78 is 44.2. The third kappa shape index (κ3) is 11.5. The number of alkyl halides is 3. The van der Waals surface area contributed by atoms with Gasteiger partial charge < -0.3 is 4.74 Å². The lowest BCUT2D eigenvalue weighted by atomic mass is 10.2. The van der Waals surface area contributed by atoms with E-state index >= 15 is 0 Å². The molecular formula is C12H18F3NO3. The molecule has 4 nitrogen and oxygen atoms in total. The summed E-state index contributed by atoms with van der Waals surface area (Å²) in [5.74, 6) is 0. The molecule has 0 rings (SSSR count). The molecule has 0 aromatic carbocycles. The Kier molecular flexibility index (Phi) is 6.21. The maximum Gasteiger partial charge on any atom is 0.523 e. The van der Waals surface area contributed by atoms with E-state index in [1.54, 1.807) is 20.8 Å². The molecule has 1 atom stereocenters. The first kappa shape index (κ1) is 17.6. The standard InChI is InChI=1S/C12H18F3NO3/c1-8(16-10(17)19-11(3,4)5)6-7-9(2)18-12(13,14)15/h6-7,9H,1-5H3/b7-6-,16-8?. The monoisotopic (exact) mass is 281 g/mol. The zero-order valence-electron chi connectivity index (χ0n) is 11.5. The topological polar surface area (TPSA) is 47.9 Å². The number of carbonyl (C=O) groups excluding carboxylic acids is 1. The van der Waals surface area contributed by atoms with Crippen LogP contribution < -0.4 is 0 Å². The van der Waals surface area contributed by atoms with Crippen molar-refractivity contribution in [2.24, 2.45) is 4.99 Å². The van der Waals surface area contributed by atoms with Crippen molar-refractivity contribution in [3.05, 3.63) is 12.2 Å². The minimum Gasteiger partial charge on any atom is -0.442 e. The highest BCUT2D eigenvalue weighted by Gasteiger charge is 2.30.